The maximum Gasteiger partial charge on any atom is 0.338 e. The van der Waals surface area contributed by atoms with E-state index in [-0.39, 0.29) is 12.4 Å². The molecule has 1 aliphatic heterocycles. The van der Waals surface area contributed by atoms with Crippen molar-refractivity contribution in [2.75, 3.05) is 6.61 Å². The molecule has 0 spiro atoms. The van der Waals surface area contributed by atoms with E-state index in [9.17, 15) is 9.18 Å². The molecule has 25 heavy (non-hydrogen) atoms. The largest absolute Gasteiger partial charge is 0.463 e. The van der Waals surface area contributed by atoms with Crippen molar-refractivity contribution in [3.63, 3.8) is 0 Å². The van der Waals surface area contributed by atoms with Gasteiger partial charge in [-0.05, 0) is 42.4 Å². The first-order chi connectivity index (χ1) is 12.1. The lowest BCUT2D eigenvalue weighted by Gasteiger charge is -2.31. The fourth-order valence-corrected chi connectivity index (χ4v) is 2.98. The smallest absolute Gasteiger partial charge is 0.338 e. The van der Waals surface area contributed by atoms with Gasteiger partial charge in [0.25, 0.3) is 0 Å². The van der Waals surface area contributed by atoms with Gasteiger partial charge < -0.3 is 15.4 Å². The molecule has 1 unspecified atom stereocenters. The Labute approximate surface area is 150 Å². The lowest BCUT2D eigenvalue weighted by Crippen LogP contribution is -2.45. The number of nitrogens with one attached hydrogen (secondary N) is 2. The van der Waals surface area contributed by atoms with Crippen molar-refractivity contribution in [3.05, 3.63) is 77.1 Å². The van der Waals surface area contributed by atoms with Crippen LogP contribution in [-0.2, 0) is 9.53 Å². The molecule has 2 aromatic rings. The lowest BCUT2D eigenvalue weighted by atomic mass is 9.93. The molecular formula is C19H17FN2O2S. The maximum absolute atomic E-state index is 13.7. The molecule has 6 heteroatoms. The van der Waals surface area contributed by atoms with E-state index in [4.69, 9.17) is 17.0 Å². The van der Waals surface area contributed by atoms with Crippen LogP contribution in [0.5, 0.6) is 0 Å². The van der Waals surface area contributed by atoms with E-state index in [1.54, 1.807) is 19.1 Å². The van der Waals surface area contributed by atoms with Crippen LogP contribution in [0.1, 0.15) is 24.1 Å². The maximum atomic E-state index is 13.7. The van der Waals surface area contributed by atoms with E-state index in [1.165, 1.54) is 12.1 Å². The van der Waals surface area contributed by atoms with Crippen LogP contribution in [0.25, 0.3) is 5.70 Å². The Morgan fingerprint density at radius 2 is 1.96 bits per heavy atom. The Morgan fingerprint density at radius 1 is 1.20 bits per heavy atom. The molecule has 0 aromatic heterocycles. The zero-order valence-corrected chi connectivity index (χ0v) is 14.4. The third-order valence-electron chi connectivity index (χ3n) is 3.81. The SMILES string of the molecule is CCOC(=O)C1=C(c2ccccc2)NC(=S)NC1c1cccc(F)c1. The summed E-state index contributed by atoms with van der Waals surface area (Å²) in [5.41, 5.74) is 2.33. The number of halogens is 1. The molecule has 3 rings (SSSR count). The van der Waals surface area contributed by atoms with Gasteiger partial charge in [-0.15, -0.1) is 0 Å². The van der Waals surface area contributed by atoms with Gasteiger partial charge in [-0.3, -0.25) is 0 Å². The van der Waals surface area contributed by atoms with Crippen LogP contribution < -0.4 is 10.6 Å². The summed E-state index contributed by atoms with van der Waals surface area (Å²) in [6.45, 7) is 1.98. The number of hydrogen-bond donors (Lipinski definition) is 2. The monoisotopic (exact) mass is 356 g/mol. The normalized spacial score (nSPS) is 16.9. The summed E-state index contributed by atoms with van der Waals surface area (Å²) < 4.78 is 18.9. The minimum absolute atomic E-state index is 0.241. The zero-order valence-electron chi connectivity index (χ0n) is 13.6. The Kier molecular flexibility index (Phi) is 5.09. The third-order valence-corrected chi connectivity index (χ3v) is 4.03. The number of esters is 1. The standard InChI is InChI=1S/C19H17FN2O2S/c1-2-24-18(23)15-16(12-7-4-3-5-8-12)21-19(25)22-17(15)13-9-6-10-14(20)11-13/h3-11,17H,2H2,1H3,(H2,21,22,25). The van der Waals surface area contributed by atoms with Crippen molar-refractivity contribution in [3.8, 4) is 0 Å². The second-order valence-corrected chi connectivity index (χ2v) is 5.87. The Balaban J connectivity index is 2.18. The van der Waals surface area contributed by atoms with E-state index in [2.05, 4.69) is 10.6 Å². The van der Waals surface area contributed by atoms with Gasteiger partial charge in [0.15, 0.2) is 5.11 Å². The van der Waals surface area contributed by atoms with Gasteiger partial charge in [0.05, 0.1) is 23.9 Å². The average Bonchev–Trinajstić information content (AvgIpc) is 2.62. The molecule has 1 atom stereocenters. The van der Waals surface area contributed by atoms with Crippen LogP contribution in [0.2, 0.25) is 0 Å². The molecule has 4 nitrogen and oxygen atoms in total. The Morgan fingerprint density at radius 3 is 2.64 bits per heavy atom. The first-order valence-electron chi connectivity index (χ1n) is 7.90. The number of thiocarbonyl (C=S) groups is 1. The van der Waals surface area contributed by atoms with Crippen molar-refractivity contribution in [1.29, 1.82) is 0 Å². The number of ether oxygens (including phenoxy) is 1. The fourth-order valence-electron chi connectivity index (χ4n) is 2.76. The molecular weight excluding hydrogens is 339 g/mol. The van der Waals surface area contributed by atoms with E-state index < -0.39 is 12.0 Å². The van der Waals surface area contributed by atoms with Gasteiger partial charge in [0.2, 0.25) is 0 Å². The molecule has 0 aliphatic carbocycles. The highest BCUT2D eigenvalue weighted by Gasteiger charge is 2.33. The number of rotatable bonds is 4. The summed E-state index contributed by atoms with van der Waals surface area (Å²) >= 11 is 5.29. The molecule has 0 bridgehead atoms. The summed E-state index contributed by atoms with van der Waals surface area (Å²) in [5.74, 6) is -0.855. The predicted molar refractivity (Wildman–Crippen MR) is 98.0 cm³/mol. The van der Waals surface area contributed by atoms with Crippen molar-refractivity contribution in [2.24, 2.45) is 0 Å². The van der Waals surface area contributed by atoms with E-state index in [0.717, 1.165) is 5.56 Å². The summed E-state index contributed by atoms with van der Waals surface area (Å²) in [6, 6.07) is 14.9. The van der Waals surface area contributed by atoms with Gasteiger partial charge in [-0.2, -0.15) is 0 Å². The van der Waals surface area contributed by atoms with Crippen LogP contribution in [0.4, 0.5) is 4.39 Å². The highest BCUT2D eigenvalue weighted by molar-refractivity contribution is 7.80. The van der Waals surface area contributed by atoms with E-state index in [1.807, 2.05) is 30.3 Å². The first kappa shape index (κ1) is 17.1. The van der Waals surface area contributed by atoms with Gasteiger partial charge in [0, 0.05) is 0 Å². The van der Waals surface area contributed by atoms with E-state index >= 15 is 0 Å². The quantitative estimate of drug-likeness (QED) is 0.650. The van der Waals surface area contributed by atoms with Crippen LogP contribution in [0.15, 0.2) is 60.2 Å². The van der Waals surface area contributed by atoms with Crippen LogP contribution in [0, 0.1) is 5.82 Å². The third kappa shape index (κ3) is 3.69. The van der Waals surface area contributed by atoms with Gasteiger partial charge >= 0.3 is 5.97 Å². The predicted octanol–water partition coefficient (Wildman–Crippen LogP) is 3.32. The fraction of sp³-hybridized carbons (Fsp3) is 0.158. The van der Waals surface area contributed by atoms with Crippen LogP contribution >= 0.6 is 12.2 Å². The summed E-state index contributed by atoms with van der Waals surface area (Å²) in [6.07, 6.45) is 0. The second kappa shape index (κ2) is 7.44. The van der Waals surface area contributed by atoms with Gasteiger partial charge in [0.1, 0.15) is 5.82 Å². The minimum Gasteiger partial charge on any atom is -0.463 e. The molecule has 128 valence electrons. The van der Waals surface area contributed by atoms with Crippen molar-refractivity contribution >= 4 is 29.0 Å². The molecule has 0 fully saturated rings. The molecule has 2 N–H and O–H groups in total. The minimum atomic E-state index is -0.598. The van der Waals surface area contributed by atoms with Crippen molar-refractivity contribution in [2.45, 2.75) is 13.0 Å². The molecule has 2 aromatic carbocycles. The molecule has 1 heterocycles. The van der Waals surface area contributed by atoms with Crippen LogP contribution in [0.3, 0.4) is 0 Å². The van der Waals surface area contributed by atoms with Gasteiger partial charge in [-0.1, -0.05) is 42.5 Å². The highest BCUT2D eigenvalue weighted by Crippen LogP contribution is 2.32. The van der Waals surface area contributed by atoms with Crippen LogP contribution in [-0.4, -0.2) is 17.7 Å². The topological polar surface area (TPSA) is 50.4 Å². The van der Waals surface area contributed by atoms with Crippen molar-refractivity contribution < 1.29 is 13.9 Å². The first-order valence-corrected chi connectivity index (χ1v) is 8.30. The summed E-state index contributed by atoms with van der Waals surface area (Å²) in [7, 11) is 0. The molecule has 0 saturated heterocycles. The molecule has 0 radical (unpaired) electrons. The van der Waals surface area contributed by atoms with E-state index in [0.29, 0.717) is 21.9 Å². The number of carbonyl (C=O) groups is 1. The summed E-state index contributed by atoms with van der Waals surface area (Å²) in [5, 5.41) is 6.45. The Bertz CT molecular complexity index is 836. The second-order valence-electron chi connectivity index (χ2n) is 5.46. The lowest BCUT2D eigenvalue weighted by molar-refractivity contribution is -0.138. The number of carbonyl (C=O) groups excluding carboxylic acids is 1. The van der Waals surface area contributed by atoms with Gasteiger partial charge in [-0.25, -0.2) is 9.18 Å². The number of benzene rings is 2. The number of hydrogen-bond acceptors (Lipinski definition) is 3. The molecule has 0 saturated carbocycles. The molecule has 1 aliphatic rings. The average molecular weight is 356 g/mol. The summed E-state index contributed by atoms with van der Waals surface area (Å²) in [4.78, 5) is 12.7. The van der Waals surface area contributed by atoms with Crippen molar-refractivity contribution in [1.82, 2.24) is 10.6 Å². The Hall–Kier alpha value is -2.73. The highest BCUT2D eigenvalue weighted by atomic mass is 32.1. The molecule has 0 amide bonds. The zero-order chi connectivity index (χ0) is 17.8.